The van der Waals surface area contributed by atoms with Gasteiger partial charge in [-0.3, -0.25) is 14.3 Å². The number of benzene rings is 1. The van der Waals surface area contributed by atoms with Gasteiger partial charge in [-0.15, -0.1) is 5.10 Å². The zero-order chi connectivity index (χ0) is 29.8. The standard InChI is InChI=1S/C27H30ClF2N9O3/c1-16(40)32-8-2-10-37-12-6-18(7-13-37)39-15-20(23(35-39)19-14-17(28)4-5-21(19)42-27(29)30)34-26(41)22-24(31)36-38-11-3-9-33-25(22)38/h3-5,9,11,14-15,18,27H,2,6-8,10,12-13H2,1H3,(H2,31,36)(H,32,40)(H,34,41). The van der Waals surface area contributed by atoms with Crippen molar-refractivity contribution < 1.29 is 23.1 Å². The quantitative estimate of drug-likeness (QED) is 0.233. The third-order valence-corrected chi connectivity index (χ3v) is 7.23. The lowest BCUT2D eigenvalue weighted by Crippen LogP contribution is -2.36. The van der Waals surface area contributed by atoms with E-state index in [1.54, 1.807) is 23.1 Å². The summed E-state index contributed by atoms with van der Waals surface area (Å²) in [5, 5.41) is 14.8. The Morgan fingerprint density at radius 1 is 1.24 bits per heavy atom. The van der Waals surface area contributed by atoms with Gasteiger partial charge < -0.3 is 26.0 Å². The lowest BCUT2D eigenvalue weighted by atomic mass is 10.1. The molecule has 0 unspecified atom stereocenters. The average Bonchev–Trinajstić information content (AvgIpc) is 3.52. The number of nitrogens with one attached hydrogen (secondary N) is 2. The first-order chi connectivity index (χ1) is 20.2. The van der Waals surface area contributed by atoms with E-state index in [4.69, 9.17) is 27.2 Å². The summed E-state index contributed by atoms with van der Waals surface area (Å²) < 4.78 is 34.5. The van der Waals surface area contributed by atoms with E-state index in [0.717, 1.165) is 38.9 Å². The molecule has 4 aromatic rings. The maximum absolute atomic E-state index is 13.5. The number of alkyl halides is 2. The van der Waals surface area contributed by atoms with Gasteiger partial charge >= 0.3 is 6.61 Å². The fourth-order valence-corrected chi connectivity index (χ4v) is 5.21. The minimum Gasteiger partial charge on any atom is -0.434 e. The molecule has 0 spiro atoms. The molecule has 1 aromatic carbocycles. The van der Waals surface area contributed by atoms with Crippen molar-refractivity contribution in [2.45, 2.75) is 38.8 Å². The van der Waals surface area contributed by atoms with Crippen LogP contribution in [-0.4, -0.2) is 73.9 Å². The largest absolute Gasteiger partial charge is 0.434 e. The summed E-state index contributed by atoms with van der Waals surface area (Å²) in [5.41, 5.74) is 7.04. The molecule has 0 bridgehead atoms. The normalized spacial score (nSPS) is 14.4. The summed E-state index contributed by atoms with van der Waals surface area (Å²) in [6.45, 7) is 1.51. The number of aromatic nitrogens is 5. The fraction of sp³-hybridized carbons (Fsp3) is 0.370. The number of amides is 2. The summed E-state index contributed by atoms with van der Waals surface area (Å²) in [7, 11) is 0. The minimum atomic E-state index is -3.08. The number of nitrogen functional groups attached to an aromatic ring is 1. The molecular weight excluding hydrogens is 572 g/mol. The van der Waals surface area contributed by atoms with Gasteiger partial charge in [-0.25, -0.2) is 9.50 Å². The molecule has 222 valence electrons. The first-order valence-corrected chi connectivity index (χ1v) is 13.8. The van der Waals surface area contributed by atoms with Crippen LogP contribution in [0.4, 0.5) is 20.3 Å². The number of piperidine rings is 1. The molecule has 0 atom stereocenters. The molecule has 0 aliphatic carbocycles. The molecule has 1 fully saturated rings. The molecule has 4 heterocycles. The van der Waals surface area contributed by atoms with Crippen LogP contribution in [0.5, 0.6) is 5.75 Å². The van der Waals surface area contributed by atoms with E-state index in [-0.39, 0.29) is 56.7 Å². The molecule has 5 rings (SSSR count). The highest BCUT2D eigenvalue weighted by Crippen LogP contribution is 2.38. The van der Waals surface area contributed by atoms with Crippen LogP contribution in [0.2, 0.25) is 5.02 Å². The molecule has 1 aliphatic heterocycles. The van der Waals surface area contributed by atoms with Crippen molar-refractivity contribution >= 4 is 40.6 Å². The van der Waals surface area contributed by atoms with Crippen LogP contribution >= 0.6 is 11.6 Å². The Morgan fingerprint density at radius 2 is 2.02 bits per heavy atom. The van der Waals surface area contributed by atoms with Gasteiger partial charge in [0.25, 0.3) is 5.91 Å². The van der Waals surface area contributed by atoms with Gasteiger partial charge in [0.05, 0.1) is 11.7 Å². The number of ether oxygens (including phenoxy) is 1. The smallest absolute Gasteiger partial charge is 0.387 e. The Kier molecular flexibility index (Phi) is 8.83. The number of halogens is 3. The Morgan fingerprint density at radius 3 is 2.76 bits per heavy atom. The number of anilines is 2. The molecule has 4 N–H and O–H groups in total. The van der Waals surface area contributed by atoms with Crippen LogP contribution in [0.15, 0.2) is 42.9 Å². The lowest BCUT2D eigenvalue weighted by molar-refractivity contribution is -0.118. The number of nitrogens with two attached hydrogens (primary N) is 1. The number of carbonyl (C=O) groups is 2. The number of fused-ring (bicyclic) bond motifs is 1. The first kappa shape index (κ1) is 29.2. The van der Waals surface area contributed by atoms with Crippen molar-refractivity contribution in [1.82, 2.24) is 34.6 Å². The highest BCUT2D eigenvalue weighted by Gasteiger charge is 2.27. The molecule has 42 heavy (non-hydrogen) atoms. The number of hydrogen-bond donors (Lipinski definition) is 3. The van der Waals surface area contributed by atoms with Crippen LogP contribution < -0.4 is 21.1 Å². The van der Waals surface area contributed by atoms with Crippen molar-refractivity contribution in [3.05, 3.63) is 53.4 Å². The predicted octanol–water partition coefficient (Wildman–Crippen LogP) is 3.85. The Labute approximate surface area is 244 Å². The van der Waals surface area contributed by atoms with Crippen molar-refractivity contribution in [2.24, 2.45) is 0 Å². The predicted molar refractivity (Wildman–Crippen MR) is 153 cm³/mol. The summed E-state index contributed by atoms with van der Waals surface area (Å²) in [6.07, 6.45) is 7.20. The van der Waals surface area contributed by atoms with E-state index in [0.29, 0.717) is 6.54 Å². The van der Waals surface area contributed by atoms with E-state index in [2.05, 4.69) is 25.6 Å². The van der Waals surface area contributed by atoms with E-state index in [9.17, 15) is 18.4 Å². The lowest BCUT2D eigenvalue weighted by Gasteiger charge is -2.32. The molecule has 15 heteroatoms. The van der Waals surface area contributed by atoms with Gasteiger partial charge in [-0.05, 0) is 50.1 Å². The molecule has 2 amide bonds. The SMILES string of the molecule is CC(=O)NCCCN1CCC(n2cc(NC(=O)c3c(N)nn4cccnc34)c(-c3cc(Cl)ccc3OC(F)F)n2)CC1. The van der Waals surface area contributed by atoms with Crippen LogP contribution in [0.3, 0.4) is 0 Å². The van der Waals surface area contributed by atoms with Crippen molar-refractivity contribution in [3.8, 4) is 17.0 Å². The monoisotopic (exact) mass is 601 g/mol. The summed E-state index contributed by atoms with van der Waals surface area (Å²) in [6, 6.07) is 5.88. The van der Waals surface area contributed by atoms with Crippen LogP contribution in [-0.2, 0) is 4.79 Å². The maximum Gasteiger partial charge on any atom is 0.387 e. The van der Waals surface area contributed by atoms with Gasteiger partial charge in [0.1, 0.15) is 17.0 Å². The van der Waals surface area contributed by atoms with Crippen molar-refractivity contribution in [1.29, 1.82) is 0 Å². The summed E-state index contributed by atoms with van der Waals surface area (Å²) >= 11 is 6.24. The van der Waals surface area contributed by atoms with Crippen molar-refractivity contribution in [2.75, 3.05) is 37.2 Å². The Hall–Kier alpha value is -4.30. The minimum absolute atomic E-state index is 0.0108. The molecule has 0 saturated carbocycles. The summed E-state index contributed by atoms with van der Waals surface area (Å²) in [4.78, 5) is 31.1. The highest BCUT2D eigenvalue weighted by atomic mass is 35.5. The van der Waals surface area contributed by atoms with Gasteiger partial charge in [-0.1, -0.05) is 11.6 Å². The molecular formula is C27H30ClF2N9O3. The second-order valence-electron chi connectivity index (χ2n) is 9.90. The molecule has 3 aromatic heterocycles. The van der Waals surface area contributed by atoms with Crippen molar-refractivity contribution in [3.63, 3.8) is 0 Å². The molecule has 0 radical (unpaired) electrons. The fourth-order valence-electron chi connectivity index (χ4n) is 5.04. The van der Waals surface area contributed by atoms with Gasteiger partial charge in [0.2, 0.25) is 5.91 Å². The van der Waals surface area contributed by atoms with Gasteiger partial charge in [-0.2, -0.15) is 13.9 Å². The van der Waals surface area contributed by atoms with Crippen LogP contribution in [0.25, 0.3) is 16.9 Å². The topological polar surface area (TPSA) is 145 Å². The van der Waals surface area contributed by atoms with E-state index < -0.39 is 12.5 Å². The average molecular weight is 602 g/mol. The maximum atomic E-state index is 13.5. The molecule has 1 saturated heterocycles. The zero-order valence-electron chi connectivity index (χ0n) is 22.8. The molecule has 1 aliphatic rings. The van der Waals surface area contributed by atoms with Crippen LogP contribution in [0, 0.1) is 0 Å². The van der Waals surface area contributed by atoms with Gasteiger partial charge in [0.15, 0.2) is 11.5 Å². The first-order valence-electron chi connectivity index (χ1n) is 13.4. The number of hydrogen-bond acceptors (Lipinski definition) is 8. The number of nitrogens with zero attached hydrogens (tertiary/aromatic N) is 6. The van der Waals surface area contributed by atoms with E-state index >= 15 is 0 Å². The Bertz CT molecular complexity index is 1580. The highest BCUT2D eigenvalue weighted by molar-refractivity contribution is 6.31. The Balaban J connectivity index is 1.43. The van der Waals surface area contributed by atoms with Gasteiger partial charge in [0, 0.05) is 55.7 Å². The second-order valence-corrected chi connectivity index (χ2v) is 10.3. The third kappa shape index (κ3) is 6.60. The van der Waals surface area contributed by atoms with E-state index in [1.807, 2.05) is 0 Å². The molecule has 12 nitrogen and oxygen atoms in total. The zero-order valence-corrected chi connectivity index (χ0v) is 23.5. The van der Waals surface area contributed by atoms with E-state index in [1.165, 1.54) is 35.8 Å². The summed E-state index contributed by atoms with van der Waals surface area (Å²) in [5.74, 6) is -0.792. The van der Waals surface area contributed by atoms with Crippen LogP contribution in [0.1, 0.15) is 42.6 Å². The number of carbonyl (C=O) groups excluding carboxylic acids is 2. The third-order valence-electron chi connectivity index (χ3n) is 7.00. The number of likely N-dealkylation sites (tertiary alicyclic amines) is 1. The number of rotatable bonds is 10. The second kappa shape index (κ2) is 12.7.